The van der Waals surface area contributed by atoms with Crippen LogP contribution in [0.2, 0.25) is 0 Å². The van der Waals surface area contributed by atoms with Gasteiger partial charge in [0.1, 0.15) is 0 Å². The van der Waals surface area contributed by atoms with Crippen LogP contribution in [0.3, 0.4) is 0 Å². The Hall–Kier alpha value is -0.420. The molecule has 2 heterocycles. The fourth-order valence-corrected chi connectivity index (χ4v) is 2.79. The predicted octanol–water partition coefficient (Wildman–Crippen LogP) is 1.55. The van der Waals surface area contributed by atoms with Crippen molar-refractivity contribution < 1.29 is 4.74 Å². The minimum absolute atomic E-state index is 0.347. The molecule has 3 N–H and O–H groups in total. The van der Waals surface area contributed by atoms with Gasteiger partial charge in [0.15, 0.2) is 0 Å². The molecule has 0 aromatic carbocycles. The zero-order chi connectivity index (χ0) is 10.5. The van der Waals surface area contributed by atoms with Gasteiger partial charge in [0, 0.05) is 12.6 Å². The van der Waals surface area contributed by atoms with E-state index in [0.29, 0.717) is 12.0 Å². The maximum absolute atomic E-state index is 5.62. The zero-order valence-corrected chi connectivity index (χ0v) is 9.63. The monoisotopic (exact) mass is 226 g/mol. The maximum Gasteiger partial charge on any atom is 0.0509 e. The lowest BCUT2D eigenvalue weighted by molar-refractivity contribution is 0.0393. The maximum atomic E-state index is 5.62. The highest BCUT2D eigenvalue weighted by Gasteiger charge is 2.23. The third-order valence-corrected chi connectivity index (χ3v) is 3.75. The van der Waals surface area contributed by atoms with Crippen LogP contribution >= 0.6 is 11.3 Å². The summed E-state index contributed by atoms with van der Waals surface area (Å²) in [6.45, 7) is 1.76. The van der Waals surface area contributed by atoms with E-state index in [0.717, 1.165) is 26.1 Å². The van der Waals surface area contributed by atoms with Crippen molar-refractivity contribution in [3.63, 3.8) is 0 Å². The lowest BCUT2D eigenvalue weighted by Crippen LogP contribution is -2.45. The minimum Gasteiger partial charge on any atom is -0.381 e. The van der Waals surface area contributed by atoms with Crippen LogP contribution in [0.15, 0.2) is 16.8 Å². The summed E-state index contributed by atoms with van der Waals surface area (Å²) in [5.74, 6) is 6.18. The molecule has 2 unspecified atom stereocenters. The number of rotatable bonds is 4. The molecule has 1 aromatic rings. The molecule has 0 amide bonds. The van der Waals surface area contributed by atoms with E-state index in [9.17, 15) is 0 Å². The Kier molecular flexibility index (Phi) is 4.14. The minimum atomic E-state index is 0.347. The van der Waals surface area contributed by atoms with Crippen LogP contribution in [0.4, 0.5) is 0 Å². The zero-order valence-electron chi connectivity index (χ0n) is 8.82. The molecule has 4 heteroatoms. The molecule has 0 aliphatic carbocycles. The summed E-state index contributed by atoms with van der Waals surface area (Å²) in [7, 11) is 0. The summed E-state index contributed by atoms with van der Waals surface area (Å²) >= 11 is 1.74. The summed E-state index contributed by atoms with van der Waals surface area (Å²) in [4.78, 5) is 0. The Bertz CT molecular complexity index is 270. The molecule has 0 radical (unpaired) electrons. The second-order valence-electron chi connectivity index (χ2n) is 4.09. The van der Waals surface area contributed by atoms with E-state index in [2.05, 4.69) is 22.3 Å². The molecule has 1 aliphatic heterocycles. The molecule has 15 heavy (non-hydrogen) atoms. The van der Waals surface area contributed by atoms with Crippen molar-refractivity contribution in [2.75, 3.05) is 13.2 Å². The van der Waals surface area contributed by atoms with Crippen molar-refractivity contribution >= 4 is 11.3 Å². The topological polar surface area (TPSA) is 47.3 Å². The summed E-state index contributed by atoms with van der Waals surface area (Å²) in [6, 6.07) is 2.51. The van der Waals surface area contributed by atoms with Crippen molar-refractivity contribution in [1.82, 2.24) is 5.43 Å². The molecule has 1 aliphatic rings. The Morgan fingerprint density at radius 3 is 3.20 bits per heavy atom. The molecule has 1 fully saturated rings. The van der Waals surface area contributed by atoms with E-state index in [1.807, 2.05) is 0 Å². The first-order chi connectivity index (χ1) is 7.40. The van der Waals surface area contributed by atoms with Gasteiger partial charge in [-0.25, -0.2) is 0 Å². The molecular formula is C11H18N2OS. The number of hydrogen-bond acceptors (Lipinski definition) is 4. The van der Waals surface area contributed by atoms with E-state index in [4.69, 9.17) is 10.6 Å². The number of ether oxygens (including phenoxy) is 1. The molecule has 0 spiro atoms. The van der Waals surface area contributed by atoms with Crippen LogP contribution in [-0.4, -0.2) is 19.3 Å². The van der Waals surface area contributed by atoms with E-state index >= 15 is 0 Å². The third-order valence-electron chi connectivity index (χ3n) is 3.01. The van der Waals surface area contributed by atoms with Crippen LogP contribution in [0.1, 0.15) is 18.4 Å². The van der Waals surface area contributed by atoms with E-state index in [1.165, 1.54) is 12.0 Å². The third kappa shape index (κ3) is 3.01. The first kappa shape index (κ1) is 11.1. The molecule has 2 atom stereocenters. The molecule has 0 saturated carbocycles. The first-order valence-electron chi connectivity index (χ1n) is 5.45. The van der Waals surface area contributed by atoms with Crippen LogP contribution < -0.4 is 11.3 Å². The van der Waals surface area contributed by atoms with Gasteiger partial charge in [0.05, 0.1) is 6.61 Å². The molecule has 2 rings (SSSR count). The molecular weight excluding hydrogens is 208 g/mol. The van der Waals surface area contributed by atoms with Gasteiger partial charge in [-0.05, 0) is 47.6 Å². The molecule has 1 aromatic heterocycles. The summed E-state index contributed by atoms with van der Waals surface area (Å²) in [5, 5.41) is 4.30. The van der Waals surface area contributed by atoms with Gasteiger partial charge in [-0.3, -0.25) is 11.3 Å². The lowest BCUT2D eigenvalue weighted by Gasteiger charge is -2.29. The van der Waals surface area contributed by atoms with Crippen LogP contribution in [-0.2, 0) is 11.2 Å². The van der Waals surface area contributed by atoms with Crippen molar-refractivity contribution in [3.8, 4) is 0 Å². The molecule has 3 nitrogen and oxygen atoms in total. The largest absolute Gasteiger partial charge is 0.381 e. The van der Waals surface area contributed by atoms with Crippen molar-refractivity contribution in [2.45, 2.75) is 25.3 Å². The Balaban J connectivity index is 1.91. The Labute approximate surface area is 94.6 Å². The van der Waals surface area contributed by atoms with Gasteiger partial charge in [0.2, 0.25) is 0 Å². The van der Waals surface area contributed by atoms with Gasteiger partial charge in [-0.15, -0.1) is 0 Å². The smallest absolute Gasteiger partial charge is 0.0509 e. The van der Waals surface area contributed by atoms with Crippen molar-refractivity contribution in [2.24, 2.45) is 11.8 Å². The first-order valence-corrected chi connectivity index (χ1v) is 6.39. The summed E-state index contributed by atoms with van der Waals surface area (Å²) in [5.41, 5.74) is 4.30. The van der Waals surface area contributed by atoms with Gasteiger partial charge >= 0.3 is 0 Å². The van der Waals surface area contributed by atoms with Crippen LogP contribution in [0, 0.1) is 5.92 Å². The lowest BCUT2D eigenvalue weighted by atomic mass is 9.90. The van der Waals surface area contributed by atoms with Gasteiger partial charge in [0.25, 0.3) is 0 Å². The fourth-order valence-electron chi connectivity index (χ4n) is 2.11. The van der Waals surface area contributed by atoms with Crippen LogP contribution in [0.5, 0.6) is 0 Å². The Morgan fingerprint density at radius 2 is 2.60 bits per heavy atom. The van der Waals surface area contributed by atoms with E-state index in [-0.39, 0.29) is 0 Å². The molecule has 84 valence electrons. The number of nitrogens with one attached hydrogen (secondary N) is 1. The highest BCUT2D eigenvalue weighted by molar-refractivity contribution is 7.07. The van der Waals surface area contributed by atoms with Gasteiger partial charge < -0.3 is 4.74 Å². The number of hydrazine groups is 1. The quantitative estimate of drug-likeness (QED) is 0.605. The summed E-state index contributed by atoms with van der Waals surface area (Å²) in [6.07, 6.45) is 3.39. The van der Waals surface area contributed by atoms with Crippen LogP contribution in [0.25, 0.3) is 0 Å². The summed E-state index contributed by atoms with van der Waals surface area (Å²) < 4.78 is 5.49. The van der Waals surface area contributed by atoms with E-state index in [1.54, 1.807) is 11.3 Å². The highest BCUT2D eigenvalue weighted by atomic mass is 32.1. The SMILES string of the molecule is NNC(Cc1ccsc1)C1CCCOC1. The van der Waals surface area contributed by atoms with Crippen molar-refractivity contribution in [3.05, 3.63) is 22.4 Å². The number of thiophene rings is 1. The number of nitrogens with two attached hydrogens (primary N) is 1. The van der Waals surface area contributed by atoms with E-state index < -0.39 is 0 Å². The molecule has 0 bridgehead atoms. The Morgan fingerprint density at radius 1 is 1.67 bits per heavy atom. The van der Waals surface area contributed by atoms with Gasteiger partial charge in [-0.1, -0.05) is 0 Å². The van der Waals surface area contributed by atoms with Crippen molar-refractivity contribution in [1.29, 1.82) is 0 Å². The number of hydrogen-bond donors (Lipinski definition) is 2. The average molecular weight is 226 g/mol. The fraction of sp³-hybridized carbons (Fsp3) is 0.636. The molecule has 1 saturated heterocycles. The average Bonchev–Trinajstić information content (AvgIpc) is 2.80. The highest BCUT2D eigenvalue weighted by Crippen LogP contribution is 2.20. The second kappa shape index (κ2) is 5.61. The predicted molar refractivity (Wildman–Crippen MR) is 62.7 cm³/mol. The normalized spacial score (nSPS) is 23.9. The standard InChI is InChI=1S/C11H18N2OS/c12-13-11(6-9-3-5-15-8-9)10-2-1-4-14-7-10/h3,5,8,10-11,13H,1-2,4,6-7,12H2. The van der Waals surface area contributed by atoms with Gasteiger partial charge in [-0.2, -0.15) is 11.3 Å². The second-order valence-corrected chi connectivity index (χ2v) is 4.87.